The number of halogens is 4. The Morgan fingerprint density at radius 2 is 1.78 bits per heavy atom. The van der Waals surface area contributed by atoms with Gasteiger partial charge in [0.25, 0.3) is 0 Å². The highest BCUT2D eigenvalue weighted by atomic mass is 19.4. The van der Waals surface area contributed by atoms with Crippen LogP contribution in [0, 0.1) is 18.7 Å². The van der Waals surface area contributed by atoms with E-state index in [1.165, 1.54) is 24.3 Å². The normalized spacial score (nSPS) is 15.6. The molecule has 0 spiro atoms. The molecule has 7 heteroatoms. The van der Waals surface area contributed by atoms with Crippen molar-refractivity contribution in [2.24, 2.45) is 5.92 Å². The zero-order valence-electron chi connectivity index (χ0n) is 14.9. The van der Waals surface area contributed by atoms with Gasteiger partial charge >= 0.3 is 6.36 Å². The summed E-state index contributed by atoms with van der Waals surface area (Å²) < 4.78 is 62.1. The number of aryl methyl sites for hydroxylation is 1. The molecule has 1 N–H and O–H groups in total. The molecule has 0 atom stereocenters. The second-order valence-electron chi connectivity index (χ2n) is 6.70. The summed E-state index contributed by atoms with van der Waals surface area (Å²) in [5, 5.41) is 3.23. The molecule has 146 valence electrons. The molecule has 0 radical (unpaired) electrons. The van der Waals surface area contributed by atoms with Crippen LogP contribution in [0.5, 0.6) is 11.5 Å². The Morgan fingerprint density at radius 3 is 2.44 bits per heavy atom. The molecule has 0 aliphatic carbocycles. The van der Waals surface area contributed by atoms with E-state index in [0.717, 1.165) is 31.5 Å². The minimum atomic E-state index is -4.83. The first-order valence-electron chi connectivity index (χ1n) is 8.81. The minimum Gasteiger partial charge on any atom is -0.489 e. The maximum atomic E-state index is 14.3. The van der Waals surface area contributed by atoms with Crippen molar-refractivity contribution in [2.45, 2.75) is 26.1 Å². The van der Waals surface area contributed by atoms with Gasteiger partial charge in [-0.2, -0.15) is 0 Å². The van der Waals surface area contributed by atoms with Crippen LogP contribution < -0.4 is 14.8 Å². The van der Waals surface area contributed by atoms with E-state index in [0.29, 0.717) is 11.1 Å². The summed E-state index contributed by atoms with van der Waals surface area (Å²) >= 11 is 0. The van der Waals surface area contributed by atoms with Crippen molar-refractivity contribution in [1.29, 1.82) is 0 Å². The lowest BCUT2D eigenvalue weighted by atomic mass is 9.99. The van der Waals surface area contributed by atoms with Gasteiger partial charge in [0.1, 0.15) is 5.82 Å². The molecule has 0 aromatic heterocycles. The maximum Gasteiger partial charge on any atom is 0.573 e. The fourth-order valence-electron chi connectivity index (χ4n) is 3.11. The quantitative estimate of drug-likeness (QED) is 0.731. The van der Waals surface area contributed by atoms with Crippen molar-refractivity contribution in [3.63, 3.8) is 0 Å². The van der Waals surface area contributed by atoms with E-state index >= 15 is 0 Å². The van der Waals surface area contributed by atoms with Gasteiger partial charge in [0.15, 0.2) is 11.5 Å². The summed E-state index contributed by atoms with van der Waals surface area (Å²) in [5.41, 5.74) is 1.49. The molecule has 2 aromatic rings. The Balaban J connectivity index is 1.88. The van der Waals surface area contributed by atoms with Crippen LogP contribution in [0.1, 0.15) is 18.4 Å². The van der Waals surface area contributed by atoms with E-state index in [-0.39, 0.29) is 18.3 Å². The predicted octanol–water partition coefficient (Wildman–Crippen LogP) is 5.08. The molecule has 0 saturated carbocycles. The molecule has 1 aliphatic rings. The second kappa shape index (κ2) is 8.17. The third kappa shape index (κ3) is 5.35. The smallest absolute Gasteiger partial charge is 0.489 e. The highest BCUT2D eigenvalue weighted by molar-refractivity contribution is 5.68. The molecular weight excluding hydrogens is 362 g/mol. The number of nitrogens with one attached hydrogen (secondary N) is 1. The monoisotopic (exact) mass is 383 g/mol. The summed E-state index contributed by atoms with van der Waals surface area (Å²) in [6.07, 6.45) is -3.05. The summed E-state index contributed by atoms with van der Waals surface area (Å²) in [5.74, 6) is -0.649. The molecule has 3 rings (SSSR count). The Labute approximate surface area is 155 Å². The lowest BCUT2D eigenvalue weighted by Gasteiger charge is -2.23. The first kappa shape index (κ1) is 19.5. The van der Waals surface area contributed by atoms with Gasteiger partial charge in [-0.25, -0.2) is 4.39 Å². The number of benzene rings is 2. The molecule has 3 nitrogen and oxygen atoms in total. The van der Waals surface area contributed by atoms with Gasteiger partial charge < -0.3 is 14.8 Å². The van der Waals surface area contributed by atoms with Crippen molar-refractivity contribution in [1.82, 2.24) is 5.32 Å². The van der Waals surface area contributed by atoms with Crippen LogP contribution in [-0.4, -0.2) is 26.1 Å². The highest BCUT2D eigenvalue weighted by Crippen LogP contribution is 2.37. The van der Waals surface area contributed by atoms with Crippen molar-refractivity contribution in [2.75, 3.05) is 19.7 Å². The fraction of sp³-hybridized carbons (Fsp3) is 0.400. The third-order valence-electron chi connectivity index (χ3n) is 4.54. The van der Waals surface area contributed by atoms with Crippen LogP contribution in [0.25, 0.3) is 11.1 Å². The van der Waals surface area contributed by atoms with Crippen LogP contribution in [0.4, 0.5) is 17.6 Å². The number of hydrogen-bond acceptors (Lipinski definition) is 3. The Bertz CT molecular complexity index is 786. The lowest BCUT2D eigenvalue weighted by molar-refractivity contribution is -0.275. The first-order chi connectivity index (χ1) is 12.8. The van der Waals surface area contributed by atoms with Crippen molar-refractivity contribution < 1.29 is 27.0 Å². The standard InChI is InChI=1S/C20H21F4NO2/c1-13-2-4-16(17(21)10-13)15-3-5-18(27-20(22,23)24)19(11-15)26-12-14-6-8-25-9-7-14/h2-5,10-11,14,25H,6-9,12H2,1H3. The van der Waals surface area contributed by atoms with E-state index in [1.54, 1.807) is 19.1 Å². The number of alkyl halides is 3. The fourth-order valence-corrected chi connectivity index (χ4v) is 3.11. The van der Waals surface area contributed by atoms with Gasteiger partial charge in [-0.1, -0.05) is 18.2 Å². The Kier molecular flexibility index (Phi) is 5.89. The second-order valence-corrected chi connectivity index (χ2v) is 6.70. The number of hydrogen-bond donors (Lipinski definition) is 1. The topological polar surface area (TPSA) is 30.5 Å². The summed E-state index contributed by atoms with van der Waals surface area (Å²) in [4.78, 5) is 0. The molecule has 1 fully saturated rings. The molecule has 0 amide bonds. The molecule has 2 aromatic carbocycles. The van der Waals surface area contributed by atoms with Gasteiger partial charge in [0.05, 0.1) is 6.61 Å². The number of piperidine rings is 1. The number of ether oxygens (including phenoxy) is 2. The Morgan fingerprint density at radius 1 is 1.04 bits per heavy atom. The van der Waals surface area contributed by atoms with Gasteiger partial charge in [0, 0.05) is 5.56 Å². The summed E-state index contributed by atoms with van der Waals surface area (Å²) in [7, 11) is 0. The minimum absolute atomic E-state index is 0.0386. The first-order valence-corrected chi connectivity index (χ1v) is 8.81. The summed E-state index contributed by atoms with van der Waals surface area (Å²) in [6.45, 7) is 3.76. The van der Waals surface area contributed by atoms with Gasteiger partial charge in [0.2, 0.25) is 0 Å². The third-order valence-corrected chi connectivity index (χ3v) is 4.54. The maximum absolute atomic E-state index is 14.3. The van der Waals surface area contributed by atoms with Gasteiger partial charge in [-0.15, -0.1) is 13.2 Å². The van der Waals surface area contributed by atoms with E-state index in [9.17, 15) is 17.6 Å². The molecule has 27 heavy (non-hydrogen) atoms. The highest BCUT2D eigenvalue weighted by Gasteiger charge is 2.32. The van der Waals surface area contributed by atoms with E-state index < -0.39 is 17.9 Å². The Hall–Kier alpha value is -2.28. The van der Waals surface area contributed by atoms with Gasteiger partial charge in [-0.05, 0) is 68.1 Å². The zero-order valence-corrected chi connectivity index (χ0v) is 14.9. The SMILES string of the molecule is Cc1ccc(-c2ccc(OC(F)(F)F)c(OCC3CCNCC3)c2)c(F)c1. The van der Waals surface area contributed by atoms with Gasteiger partial charge in [-0.3, -0.25) is 0 Å². The zero-order chi connectivity index (χ0) is 19.4. The van der Waals surface area contributed by atoms with Crippen LogP contribution >= 0.6 is 0 Å². The van der Waals surface area contributed by atoms with E-state index in [1.807, 2.05) is 0 Å². The van der Waals surface area contributed by atoms with Crippen molar-refractivity contribution in [3.8, 4) is 22.6 Å². The van der Waals surface area contributed by atoms with Crippen LogP contribution in [0.15, 0.2) is 36.4 Å². The van der Waals surface area contributed by atoms with E-state index in [4.69, 9.17) is 4.74 Å². The van der Waals surface area contributed by atoms with Crippen LogP contribution in [-0.2, 0) is 0 Å². The summed E-state index contributed by atoms with van der Waals surface area (Å²) in [6, 6.07) is 8.68. The van der Waals surface area contributed by atoms with Crippen molar-refractivity contribution >= 4 is 0 Å². The van der Waals surface area contributed by atoms with Crippen molar-refractivity contribution in [3.05, 3.63) is 47.8 Å². The largest absolute Gasteiger partial charge is 0.573 e. The molecule has 1 aliphatic heterocycles. The molecule has 1 heterocycles. The lowest BCUT2D eigenvalue weighted by Crippen LogP contribution is -2.30. The van der Waals surface area contributed by atoms with Crippen LogP contribution in [0.2, 0.25) is 0 Å². The van der Waals surface area contributed by atoms with Crippen LogP contribution in [0.3, 0.4) is 0 Å². The average Bonchev–Trinajstić information content (AvgIpc) is 2.61. The molecule has 1 saturated heterocycles. The molecule has 0 bridgehead atoms. The number of rotatable bonds is 5. The predicted molar refractivity (Wildman–Crippen MR) is 94.3 cm³/mol. The molecule has 0 unspecified atom stereocenters. The average molecular weight is 383 g/mol. The molecular formula is C20H21F4NO2. The van der Waals surface area contributed by atoms with E-state index in [2.05, 4.69) is 10.1 Å².